The first-order chi connectivity index (χ1) is 20.0. The van der Waals surface area contributed by atoms with Gasteiger partial charge in [0.2, 0.25) is 0 Å². The van der Waals surface area contributed by atoms with E-state index in [9.17, 15) is 14.7 Å². The summed E-state index contributed by atoms with van der Waals surface area (Å²) in [6.45, 7) is 18.2. The molecular formula is C36H47NO6. The van der Waals surface area contributed by atoms with Gasteiger partial charge in [-0.25, -0.2) is 9.59 Å². The molecule has 0 aliphatic carbocycles. The van der Waals surface area contributed by atoms with Crippen molar-refractivity contribution in [1.29, 1.82) is 0 Å². The van der Waals surface area contributed by atoms with E-state index in [0.717, 1.165) is 22.4 Å². The summed E-state index contributed by atoms with van der Waals surface area (Å²) in [5, 5.41) is 31.9. The van der Waals surface area contributed by atoms with E-state index in [1.54, 1.807) is 0 Å². The highest BCUT2D eigenvalue weighted by Gasteiger charge is 2.28. The number of benzene rings is 3. The second kappa shape index (κ2) is 15.5. The zero-order valence-electron chi connectivity index (χ0n) is 26.6. The lowest BCUT2D eigenvalue weighted by molar-refractivity contribution is -0.134. The molecule has 1 atom stereocenters. The molecule has 1 unspecified atom stereocenters. The lowest BCUT2D eigenvalue weighted by Gasteiger charge is -2.31. The molecular weight excluding hydrogens is 542 g/mol. The van der Waals surface area contributed by atoms with Crippen molar-refractivity contribution in [2.45, 2.75) is 78.4 Å². The van der Waals surface area contributed by atoms with E-state index in [1.807, 2.05) is 0 Å². The van der Waals surface area contributed by atoms with Crippen molar-refractivity contribution >= 4 is 34.9 Å². The highest BCUT2D eigenvalue weighted by molar-refractivity contribution is 5.89. The maximum Gasteiger partial charge on any atom is 0.328 e. The molecule has 0 aliphatic heterocycles. The first kappa shape index (κ1) is 35.3. The van der Waals surface area contributed by atoms with Gasteiger partial charge in [-0.2, -0.15) is 0 Å². The van der Waals surface area contributed by atoms with E-state index in [1.165, 1.54) is 16.3 Å². The molecule has 0 saturated carbocycles. The van der Waals surface area contributed by atoms with Crippen LogP contribution >= 0.6 is 0 Å². The molecule has 0 spiro atoms. The third-order valence-electron chi connectivity index (χ3n) is 6.52. The maximum atomic E-state index is 10.5. The van der Waals surface area contributed by atoms with Crippen LogP contribution in [-0.2, 0) is 20.4 Å². The molecule has 0 radical (unpaired) electrons. The van der Waals surface area contributed by atoms with Gasteiger partial charge in [-0.15, -0.1) is 0 Å². The number of carboxylic acids is 2. The monoisotopic (exact) mass is 589 g/mol. The minimum Gasteiger partial charge on any atom is -0.490 e. The SMILES string of the molecule is CC(C)NCC(O)COc1c(C(C)(C)C)cc(/C=C/c2ccc3ccccc3c2)cc1C(C)(C)C.O=C(O)/C=C\C(=O)O. The molecule has 3 rings (SSSR count). The largest absolute Gasteiger partial charge is 0.490 e. The van der Waals surface area contributed by atoms with Gasteiger partial charge in [0.05, 0.1) is 0 Å². The number of hydrogen-bond donors (Lipinski definition) is 4. The van der Waals surface area contributed by atoms with Gasteiger partial charge in [0.15, 0.2) is 0 Å². The van der Waals surface area contributed by atoms with Gasteiger partial charge in [-0.05, 0) is 50.9 Å². The predicted molar refractivity (Wildman–Crippen MR) is 176 cm³/mol. The Morgan fingerprint density at radius 3 is 1.79 bits per heavy atom. The van der Waals surface area contributed by atoms with Gasteiger partial charge in [0.1, 0.15) is 18.5 Å². The van der Waals surface area contributed by atoms with Gasteiger partial charge in [0, 0.05) is 35.9 Å². The van der Waals surface area contributed by atoms with Crippen LogP contribution in [0, 0.1) is 0 Å². The molecule has 43 heavy (non-hydrogen) atoms. The number of ether oxygens (including phenoxy) is 1. The van der Waals surface area contributed by atoms with E-state index in [2.05, 4.69) is 127 Å². The van der Waals surface area contributed by atoms with Crippen LogP contribution in [0.4, 0.5) is 0 Å². The van der Waals surface area contributed by atoms with Gasteiger partial charge < -0.3 is 25.4 Å². The zero-order valence-corrected chi connectivity index (χ0v) is 26.6. The topological polar surface area (TPSA) is 116 Å². The number of nitrogens with one attached hydrogen (secondary N) is 1. The third-order valence-corrected chi connectivity index (χ3v) is 6.52. The minimum absolute atomic E-state index is 0.108. The summed E-state index contributed by atoms with van der Waals surface area (Å²) in [4.78, 5) is 19.1. The van der Waals surface area contributed by atoms with Crippen LogP contribution < -0.4 is 10.1 Å². The van der Waals surface area contributed by atoms with Gasteiger partial charge in [-0.3, -0.25) is 0 Å². The molecule has 0 aliphatic rings. The Bertz CT molecular complexity index is 1390. The standard InChI is InChI=1S/C32H43NO2.C4H4O4/c1-22(2)33-20-27(34)21-35-30-28(31(3,4)5)18-24(19-29(30)32(6,7)8)14-13-23-15-16-25-11-9-10-12-26(25)17-23;5-3(6)1-2-4(7)8/h9-19,22,27,33-34H,20-21H2,1-8H3;1-2H,(H,5,6)(H,7,8)/b14-13+;2-1-. The molecule has 0 amide bonds. The number of aliphatic hydroxyl groups excluding tert-OH is 1. The average Bonchev–Trinajstić information content (AvgIpc) is 2.91. The van der Waals surface area contributed by atoms with Crippen molar-refractivity contribution in [1.82, 2.24) is 5.32 Å². The Labute approximate surface area is 255 Å². The van der Waals surface area contributed by atoms with Crippen LogP contribution in [0.5, 0.6) is 5.75 Å². The number of rotatable bonds is 10. The Hall–Kier alpha value is -3.94. The van der Waals surface area contributed by atoms with Gasteiger partial charge in [0.25, 0.3) is 0 Å². The second-order valence-electron chi connectivity index (χ2n) is 12.9. The lowest BCUT2D eigenvalue weighted by Crippen LogP contribution is -2.35. The van der Waals surface area contributed by atoms with Crippen molar-refractivity contribution in [3.8, 4) is 5.75 Å². The summed E-state index contributed by atoms with van der Waals surface area (Å²) in [6.07, 6.45) is 4.93. The first-order valence-electron chi connectivity index (χ1n) is 14.5. The van der Waals surface area contributed by atoms with Crippen molar-refractivity contribution in [3.63, 3.8) is 0 Å². The molecule has 0 saturated heterocycles. The Balaban J connectivity index is 0.000000708. The number of aliphatic hydroxyl groups is 1. The first-order valence-corrected chi connectivity index (χ1v) is 14.5. The predicted octanol–water partition coefficient (Wildman–Crippen LogP) is 7.05. The van der Waals surface area contributed by atoms with E-state index < -0.39 is 18.0 Å². The molecule has 7 heteroatoms. The quantitative estimate of drug-likeness (QED) is 0.148. The summed E-state index contributed by atoms with van der Waals surface area (Å²) in [5.41, 5.74) is 4.44. The zero-order chi connectivity index (χ0) is 32.4. The third kappa shape index (κ3) is 12.1. The number of aliphatic carboxylic acids is 2. The van der Waals surface area contributed by atoms with Crippen LogP contribution in [0.25, 0.3) is 22.9 Å². The summed E-state index contributed by atoms with van der Waals surface area (Å²) in [6, 6.07) is 19.8. The smallest absolute Gasteiger partial charge is 0.328 e. The summed E-state index contributed by atoms with van der Waals surface area (Å²) in [5.74, 6) is -1.61. The number of carbonyl (C=O) groups is 2. The Morgan fingerprint density at radius 2 is 1.30 bits per heavy atom. The molecule has 0 fully saturated rings. The minimum atomic E-state index is -1.26. The molecule has 7 nitrogen and oxygen atoms in total. The van der Waals surface area contributed by atoms with Gasteiger partial charge >= 0.3 is 11.9 Å². The summed E-state index contributed by atoms with van der Waals surface area (Å²) in [7, 11) is 0. The van der Waals surface area contributed by atoms with E-state index in [-0.39, 0.29) is 17.4 Å². The fraction of sp³-hybridized carbons (Fsp3) is 0.389. The van der Waals surface area contributed by atoms with E-state index in [0.29, 0.717) is 24.7 Å². The number of hydrogen-bond acceptors (Lipinski definition) is 5. The summed E-state index contributed by atoms with van der Waals surface area (Å²) < 4.78 is 6.37. The Kier molecular flexibility index (Phi) is 12.7. The fourth-order valence-corrected chi connectivity index (χ4v) is 4.27. The van der Waals surface area contributed by atoms with Crippen LogP contribution in [-0.4, -0.2) is 52.6 Å². The molecule has 0 aromatic heterocycles. The van der Waals surface area contributed by atoms with Crippen LogP contribution in [0.3, 0.4) is 0 Å². The number of fused-ring (bicyclic) bond motifs is 1. The van der Waals surface area contributed by atoms with Crippen LogP contribution in [0.15, 0.2) is 66.7 Å². The fourth-order valence-electron chi connectivity index (χ4n) is 4.27. The van der Waals surface area contributed by atoms with Crippen LogP contribution in [0.2, 0.25) is 0 Å². The highest BCUT2D eigenvalue weighted by atomic mass is 16.5. The highest BCUT2D eigenvalue weighted by Crippen LogP contribution is 2.41. The molecule has 3 aromatic rings. The van der Waals surface area contributed by atoms with E-state index >= 15 is 0 Å². The number of carboxylic acid groups (broad SMARTS) is 2. The lowest BCUT2D eigenvalue weighted by atomic mass is 9.78. The maximum absolute atomic E-state index is 10.5. The Morgan fingerprint density at radius 1 is 0.791 bits per heavy atom. The van der Waals surface area contributed by atoms with Crippen molar-refractivity contribution < 1.29 is 29.6 Å². The molecule has 232 valence electrons. The molecule has 3 aromatic carbocycles. The molecule has 0 bridgehead atoms. The summed E-state index contributed by atoms with van der Waals surface area (Å²) >= 11 is 0. The normalized spacial score (nSPS) is 12.9. The van der Waals surface area contributed by atoms with Crippen LogP contribution in [0.1, 0.15) is 77.6 Å². The van der Waals surface area contributed by atoms with Crippen molar-refractivity contribution in [2.24, 2.45) is 0 Å². The molecule has 0 heterocycles. The second-order valence-corrected chi connectivity index (χ2v) is 12.9. The van der Waals surface area contributed by atoms with Crippen molar-refractivity contribution in [3.05, 3.63) is 89.0 Å². The van der Waals surface area contributed by atoms with E-state index in [4.69, 9.17) is 14.9 Å². The molecule has 4 N–H and O–H groups in total. The van der Waals surface area contributed by atoms with Gasteiger partial charge in [-0.1, -0.05) is 104 Å². The van der Waals surface area contributed by atoms with Crippen molar-refractivity contribution in [2.75, 3.05) is 13.2 Å². The average molecular weight is 590 g/mol.